The molecule has 0 aliphatic carbocycles. The van der Waals surface area contributed by atoms with Crippen LogP contribution in [0.25, 0.3) is 0 Å². The van der Waals surface area contributed by atoms with Crippen molar-refractivity contribution in [1.82, 2.24) is 0 Å². The van der Waals surface area contributed by atoms with Gasteiger partial charge in [0.2, 0.25) is 0 Å². The van der Waals surface area contributed by atoms with E-state index in [9.17, 15) is 0 Å². The average Bonchev–Trinajstić information content (AvgIpc) is 2.68. The summed E-state index contributed by atoms with van der Waals surface area (Å²) in [4.78, 5) is 0. The molecule has 0 N–H and O–H groups in total. The third kappa shape index (κ3) is 20.1. The molecule has 0 fully saturated rings. The van der Waals surface area contributed by atoms with Crippen LogP contribution in [0.5, 0.6) is 0 Å². The molecular weight excluding hydrogens is 449 g/mol. The standard InChI is InChI=1S/C24H52Ge2O/c1-5-9-13-17-21-25(22-18-14-10-6-2)27-26(23-19-15-11-7-3)24-20-16-12-8-4/h5-24H2,1-4H3. The van der Waals surface area contributed by atoms with E-state index in [0.717, 1.165) is 0 Å². The first kappa shape index (κ1) is 28.0. The van der Waals surface area contributed by atoms with E-state index in [1.165, 1.54) is 124 Å². The molecule has 0 spiro atoms. The molecule has 27 heavy (non-hydrogen) atoms. The second-order valence-electron chi connectivity index (χ2n) is 8.42. The zero-order valence-electron chi connectivity index (χ0n) is 19.6. The van der Waals surface area contributed by atoms with Crippen LogP contribution in [0.15, 0.2) is 0 Å². The minimum absolute atomic E-state index is 1.23. The van der Waals surface area contributed by atoms with E-state index in [1.54, 1.807) is 0 Å². The fraction of sp³-hybridized carbons (Fsp3) is 1.00. The molecule has 0 bridgehead atoms. The Balaban J connectivity index is 4.42. The SMILES string of the molecule is CCCCC[CH2][Ge]([CH2]CCCCC)[O][Ge]([CH2]CCCCC)[CH2]CCCCC. The van der Waals surface area contributed by atoms with E-state index in [1.807, 2.05) is 0 Å². The average molecular weight is 502 g/mol. The van der Waals surface area contributed by atoms with Crippen molar-refractivity contribution in [3.05, 3.63) is 0 Å². The van der Waals surface area contributed by atoms with Crippen LogP contribution >= 0.6 is 0 Å². The molecule has 2 radical (unpaired) electrons. The Morgan fingerprint density at radius 2 is 0.630 bits per heavy atom. The van der Waals surface area contributed by atoms with Gasteiger partial charge in [-0.05, 0) is 0 Å². The Bertz CT molecular complexity index is 223. The van der Waals surface area contributed by atoms with Crippen molar-refractivity contribution in [3.63, 3.8) is 0 Å². The third-order valence-corrected chi connectivity index (χ3v) is 20.7. The normalized spacial score (nSPS) is 11.8. The predicted molar refractivity (Wildman–Crippen MR) is 128 cm³/mol. The molecule has 0 aromatic heterocycles. The molecule has 1 nitrogen and oxygen atoms in total. The summed E-state index contributed by atoms with van der Waals surface area (Å²) < 4.78 is 7.10. The molecule has 0 saturated carbocycles. The van der Waals surface area contributed by atoms with Crippen molar-refractivity contribution >= 4 is 29.4 Å². The molecule has 0 aliphatic heterocycles. The molecule has 162 valence electrons. The van der Waals surface area contributed by atoms with Gasteiger partial charge in [-0.15, -0.1) is 0 Å². The van der Waals surface area contributed by atoms with Crippen LogP contribution in [0.1, 0.15) is 130 Å². The van der Waals surface area contributed by atoms with E-state index in [0.29, 0.717) is 0 Å². The Hall–Kier alpha value is 1.05. The Labute approximate surface area is 183 Å². The molecule has 0 atom stereocenters. The summed E-state index contributed by atoms with van der Waals surface area (Å²) in [7, 11) is 0. The quantitative estimate of drug-likeness (QED) is 0.106. The van der Waals surface area contributed by atoms with Gasteiger partial charge in [-0.2, -0.15) is 0 Å². The first-order valence-corrected chi connectivity index (χ1v) is 20.3. The Morgan fingerprint density at radius 3 is 0.852 bits per heavy atom. The summed E-state index contributed by atoms with van der Waals surface area (Å²) in [5.74, 6) is 0. The molecule has 0 heterocycles. The fourth-order valence-electron chi connectivity index (χ4n) is 3.65. The zero-order chi connectivity index (χ0) is 20.0. The van der Waals surface area contributed by atoms with E-state index in [-0.39, 0.29) is 0 Å². The summed E-state index contributed by atoms with van der Waals surface area (Å²) in [6.45, 7) is 9.31. The van der Waals surface area contributed by atoms with Gasteiger partial charge >= 0.3 is 184 Å². The first-order chi connectivity index (χ1) is 13.3. The van der Waals surface area contributed by atoms with Crippen molar-refractivity contribution in [2.24, 2.45) is 0 Å². The number of rotatable bonds is 22. The van der Waals surface area contributed by atoms with Crippen LogP contribution in [0, 0.1) is 0 Å². The van der Waals surface area contributed by atoms with Crippen molar-refractivity contribution in [2.45, 2.75) is 151 Å². The predicted octanol–water partition coefficient (Wildman–Crippen LogP) is 9.31. The van der Waals surface area contributed by atoms with Gasteiger partial charge in [0.1, 0.15) is 0 Å². The summed E-state index contributed by atoms with van der Waals surface area (Å²) >= 11 is -2.45. The Kier molecular flexibility index (Phi) is 24.2. The fourth-order valence-corrected chi connectivity index (χ4v) is 20.7. The van der Waals surface area contributed by atoms with Gasteiger partial charge in [-0.25, -0.2) is 0 Å². The van der Waals surface area contributed by atoms with Gasteiger partial charge in [0, 0.05) is 0 Å². The van der Waals surface area contributed by atoms with Crippen LogP contribution in [0.2, 0.25) is 21.0 Å². The topological polar surface area (TPSA) is 9.23 Å². The minimum atomic E-state index is -1.23. The van der Waals surface area contributed by atoms with E-state index in [4.69, 9.17) is 2.79 Å². The molecule has 3 heteroatoms. The van der Waals surface area contributed by atoms with Crippen LogP contribution in [-0.2, 0) is 2.79 Å². The zero-order valence-corrected chi connectivity index (χ0v) is 23.7. The van der Waals surface area contributed by atoms with Crippen molar-refractivity contribution in [3.8, 4) is 0 Å². The van der Waals surface area contributed by atoms with Crippen molar-refractivity contribution in [1.29, 1.82) is 0 Å². The second kappa shape index (κ2) is 23.3. The Morgan fingerprint density at radius 1 is 0.370 bits per heavy atom. The molecule has 0 rings (SSSR count). The molecular formula is C24H52Ge2O. The maximum atomic E-state index is 7.10. The van der Waals surface area contributed by atoms with Crippen LogP contribution < -0.4 is 0 Å². The molecule has 0 aromatic carbocycles. The maximum absolute atomic E-state index is 7.10. The summed E-state index contributed by atoms with van der Waals surface area (Å²) in [5.41, 5.74) is 0. The van der Waals surface area contributed by atoms with E-state index >= 15 is 0 Å². The third-order valence-electron chi connectivity index (χ3n) is 5.53. The molecule has 0 saturated heterocycles. The van der Waals surface area contributed by atoms with E-state index in [2.05, 4.69) is 27.7 Å². The first-order valence-electron chi connectivity index (χ1n) is 12.7. The molecule has 0 aromatic rings. The van der Waals surface area contributed by atoms with Gasteiger partial charge < -0.3 is 0 Å². The van der Waals surface area contributed by atoms with Gasteiger partial charge in [0.15, 0.2) is 0 Å². The van der Waals surface area contributed by atoms with E-state index < -0.39 is 29.4 Å². The number of hydrogen-bond acceptors (Lipinski definition) is 1. The van der Waals surface area contributed by atoms with Crippen LogP contribution in [-0.4, -0.2) is 29.4 Å². The molecule has 0 amide bonds. The van der Waals surface area contributed by atoms with Crippen molar-refractivity contribution in [2.75, 3.05) is 0 Å². The summed E-state index contributed by atoms with van der Waals surface area (Å²) in [6.07, 6.45) is 22.8. The monoisotopic (exact) mass is 504 g/mol. The second-order valence-corrected chi connectivity index (χ2v) is 19.8. The van der Waals surface area contributed by atoms with Crippen LogP contribution in [0.3, 0.4) is 0 Å². The summed E-state index contributed by atoms with van der Waals surface area (Å²) in [6, 6.07) is 0. The van der Waals surface area contributed by atoms with Gasteiger partial charge in [-0.3, -0.25) is 0 Å². The van der Waals surface area contributed by atoms with Gasteiger partial charge in [0.05, 0.1) is 0 Å². The van der Waals surface area contributed by atoms with Crippen molar-refractivity contribution < 1.29 is 2.79 Å². The van der Waals surface area contributed by atoms with Gasteiger partial charge in [0.25, 0.3) is 0 Å². The number of hydrogen-bond donors (Lipinski definition) is 0. The van der Waals surface area contributed by atoms with Crippen LogP contribution in [0.4, 0.5) is 0 Å². The summed E-state index contributed by atoms with van der Waals surface area (Å²) in [5, 5.41) is 6.03. The molecule has 0 aliphatic rings. The molecule has 0 unspecified atom stereocenters. The number of unbranched alkanes of at least 4 members (excludes halogenated alkanes) is 12. The van der Waals surface area contributed by atoms with Gasteiger partial charge in [-0.1, -0.05) is 0 Å².